The number of carbonyl (C=O) groups excluding carboxylic acids is 1. The van der Waals surface area contributed by atoms with Crippen molar-refractivity contribution in [1.29, 1.82) is 0 Å². The topological polar surface area (TPSA) is 51.2 Å². The Kier molecular flexibility index (Phi) is 4.74. The minimum absolute atomic E-state index is 0.107. The maximum Gasteiger partial charge on any atom is 0.223 e. The van der Waals surface area contributed by atoms with Crippen molar-refractivity contribution in [3.8, 4) is 5.75 Å². The van der Waals surface area contributed by atoms with Crippen LogP contribution in [-0.4, -0.2) is 17.5 Å². The third kappa shape index (κ3) is 3.67. The number of unbranched alkanes of at least 4 members (excludes halogenated alkanes) is 2. The molecule has 0 spiro atoms. The summed E-state index contributed by atoms with van der Waals surface area (Å²) in [4.78, 5) is 15.4. The standard InChI is InChI=1S/C14H18N2O2S/c1-3-4-5-9-18-12-8-6-7-11-13(12)19-14(16-11)15-10(2)17/h6-8H,3-5,9H2,1-2H3,(H,15,16,17). The number of benzene rings is 1. The highest BCUT2D eigenvalue weighted by molar-refractivity contribution is 7.22. The number of carbonyl (C=O) groups is 1. The maximum atomic E-state index is 11.0. The molecule has 2 rings (SSSR count). The second-order valence-corrected chi connectivity index (χ2v) is 5.36. The number of ether oxygens (including phenoxy) is 1. The van der Waals surface area contributed by atoms with E-state index in [0.29, 0.717) is 5.13 Å². The highest BCUT2D eigenvalue weighted by Crippen LogP contribution is 2.33. The monoisotopic (exact) mass is 278 g/mol. The summed E-state index contributed by atoms with van der Waals surface area (Å²) in [5.41, 5.74) is 0.863. The molecule has 1 aromatic carbocycles. The summed E-state index contributed by atoms with van der Waals surface area (Å²) in [6.45, 7) is 4.37. The minimum atomic E-state index is -0.107. The first-order valence-corrected chi connectivity index (χ1v) is 7.32. The number of amides is 1. The quantitative estimate of drug-likeness (QED) is 0.817. The molecule has 0 aliphatic carbocycles. The highest BCUT2D eigenvalue weighted by atomic mass is 32.1. The number of aromatic nitrogens is 1. The average molecular weight is 278 g/mol. The van der Waals surface area contributed by atoms with Crippen LogP contribution in [0.25, 0.3) is 10.2 Å². The summed E-state index contributed by atoms with van der Waals surface area (Å²) in [6.07, 6.45) is 3.42. The molecule has 0 atom stereocenters. The average Bonchev–Trinajstić information content (AvgIpc) is 2.76. The molecule has 5 heteroatoms. The lowest BCUT2D eigenvalue weighted by molar-refractivity contribution is -0.114. The number of fused-ring (bicyclic) bond motifs is 1. The van der Waals surface area contributed by atoms with Gasteiger partial charge in [0.1, 0.15) is 5.75 Å². The third-order valence-corrected chi connectivity index (χ3v) is 3.67. The Labute approximate surface area is 116 Å². The lowest BCUT2D eigenvalue weighted by atomic mass is 10.3. The van der Waals surface area contributed by atoms with Crippen LogP contribution in [0.2, 0.25) is 0 Å². The lowest BCUT2D eigenvalue weighted by Crippen LogP contribution is -2.04. The van der Waals surface area contributed by atoms with E-state index in [4.69, 9.17) is 4.74 Å². The van der Waals surface area contributed by atoms with Crippen LogP contribution in [-0.2, 0) is 4.79 Å². The number of nitrogens with zero attached hydrogens (tertiary/aromatic N) is 1. The smallest absolute Gasteiger partial charge is 0.223 e. The van der Waals surface area contributed by atoms with Gasteiger partial charge in [0.25, 0.3) is 0 Å². The molecule has 1 N–H and O–H groups in total. The first kappa shape index (κ1) is 13.8. The third-order valence-electron chi connectivity index (χ3n) is 2.67. The second kappa shape index (κ2) is 6.52. The molecule has 1 aromatic heterocycles. The minimum Gasteiger partial charge on any atom is -0.492 e. The van der Waals surface area contributed by atoms with Gasteiger partial charge in [-0.1, -0.05) is 37.2 Å². The van der Waals surface area contributed by atoms with Crippen LogP contribution in [0.3, 0.4) is 0 Å². The van der Waals surface area contributed by atoms with Gasteiger partial charge in [0.2, 0.25) is 5.91 Å². The van der Waals surface area contributed by atoms with Crippen LogP contribution in [0.1, 0.15) is 33.1 Å². The Balaban J connectivity index is 2.14. The number of hydrogen-bond donors (Lipinski definition) is 1. The zero-order chi connectivity index (χ0) is 13.7. The lowest BCUT2D eigenvalue weighted by Gasteiger charge is -2.05. The van der Waals surface area contributed by atoms with Crippen molar-refractivity contribution in [3.63, 3.8) is 0 Å². The van der Waals surface area contributed by atoms with Crippen molar-refractivity contribution >= 4 is 32.6 Å². The van der Waals surface area contributed by atoms with E-state index in [9.17, 15) is 4.79 Å². The molecule has 1 heterocycles. The Morgan fingerprint density at radius 1 is 1.42 bits per heavy atom. The van der Waals surface area contributed by atoms with Crippen LogP contribution in [0.4, 0.5) is 5.13 Å². The van der Waals surface area contributed by atoms with E-state index in [1.165, 1.54) is 31.1 Å². The van der Waals surface area contributed by atoms with E-state index in [2.05, 4.69) is 17.2 Å². The number of rotatable bonds is 6. The van der Waals surface area contributed by atoms with E-state index in [1.54, 1.807) is 0 Å². The predicted octanol–water partition coefficient (Wildman–Crippen LogP) is 3.82. The normalized spacial score (nSPS) is 10.6. The van der Waals surface area contributed by atoms with Crippen molar-refractivity contribution in [3.05, 3.63) is 18.2 Å². The molecule has 0 saturated carbocycles. The summed E-state index contributed by atoms with van der Waals surface area (Å²) in [5.74, 6) is 0.743. The van der Waals surface area contributed by atoms with Crippen LogP contribution >= 0.6 is 11.3 Å². The second-order valence-electron chi connectivity index (χ2n) is 4.36. The van der Waals surface area contributed by atoms with Crippen molar-refractivity contribution in [1.82, 2.24) is 4.98 Å². The van der Waals surface area contributed by atoms with Gasteiger partial charge in [0.05, 0.1) is 16.8 Å². The summed E-state index contributed by atoms with van der Waals surface area (Å²) in [6, 6.07) is 5.80. The summed E-state index contributed by atoms with van der Waals surface area (Å²) in [7, 11) is 0. The van der Waals surface area contributed by atoms with Crippen LogP contribution in [0.15, 0.2) is 18.2 Å². The SMILES string of the molecule is CCCCCOc1cccc2nc(NC(C)=O)sc12. The zero-order valence-corrected chi connectivity index (χ0v) is 12.0. The largest absolute Gasteiger partial charge is 0.492 e. The van der Waals surface area contributed by atoms with E-state index >= 15 is 0 Å². The van der Waals surface area contributed by atoms with Crippen LogP contribution < -0.4 is 10.1 Å². The Hall–Kier alpha value is -1.62. The molecule has 4 nitrogen and oxygen atoms in total. The first-order chi connectivity index (χ1) is 9.20. The van der Waals surface area contributed by atoms with Gasteiger partial charge in [-0.25, -0.2) is 4.98 Å². The Bertz CT molecular complexity index is 566. The van der Waals surface area contributed by atoms with Crippen molar-refractivity contribution in [2.75, 3.05) is 11.9 Å². The van der Waals surface area contributed by atoms with Crippen LogP contribution in [0.5, 0.6) is 5.75 Å². The fraction of sp³-hybridized carbons (Fsp3) is 0.429. The molecule has 0 unspecified atom stereocenters. The van der Waals surface area contributed by atoms with Gasteiger partial charge < -0.3 is 10.1 Å². The zero-order valence-electron chi connectivity index (χ0n) is 11.2. The van der Waals surface area contributed by atoms with Crippen molar-refractivity contribution < 1.29 is 9.53 Å². The predicted molar refractivity (Wildman–Crippen MR) is 78.9 cm³/mol. The number of thiazole rings is 1. The van der Waals surface area contributed by atoms with E-state index in [0.717, 1.165) is 29.0 Å². The number of hydrogen-bond acceptors (Lipinski definition) is 4. The van der Waals surface area contributed by atoms with Gasteiger partial charge in [-0.05, 0) is 18.6 Å². The molecule has 2 aromatic rings. The molecule has 102 valence electrons. The molecule has 1 amide bonds. The molecule has 0 aliphatic rings. The number of nitrogens with one attached hydrogen (secondary N) is 1. The van der Waals surface area contributed by atoms with Gasteiger partial charge in [0.15, 0.2) is 5.13 Å². The van der Waals surface area contributed by atoms with E-state index < -0.39 is 0 Å². The molecule has 0 aliphatic heterocycles. The summed E-state index contributed by atoms with van der Waals surface area (Å²) >= 11 is 1.45. The van der Waals surface area contributed by atoms with Gasteiger partial charge in [-0.3, -0.25) is 4.79 Å². The fourth-order valence-electron chi connectivity index (χ4n) is 1.78. The molecule has 0 radical (unpaired) electrons. The van der Waals surface area contributed by atoms with Gasteiger partial charge in [-0.2, -0.15) is 0 Å². The van der Waals surface area contributed by atoms with Gasteiger partial charge in [-0.15, -0.1) is 0 Å². The van der Waals surface area contributed by atoms with Gasteiger partial charge in [0, 0.05) is 6.92 Å². The van der Waals surface area contributed by atoms with Crippen LogP contribution in [0, 0.1) is 0 Å². The summed E-state index contributed by atoms with van der Waals surface area (Å²) < 4.78 is 6.79. The Morgan fingerprint density at radius 3 is 3.00 bits per heavy atom. The summed E-state index contributed by atoms with van der Waals surface area (Å²) in [5, 5.41) is 3.33. The highest BCUT2D eigenvalue weighted by Gasteiger charge is 2.09. The maximum absolute atomic E-state index is 11.0. The van der Waals surface area contributed by atoms with Gasteiger partial charge >= 0.3 is 0 Å². The molecular formula is C14H18N2O2S. The van der Waals surface area contributed by atoms with Crippen molar-refractivity contribution in [2.24, 2.45) is 0 Å². The Morgan fingerprint density at radius 2 is 2.26 bits per heavy atom. The fourth-order valence-corrected chi connectivity index (χ4v) is 2.75. The van der Waals surface area contributed by atoms with E-state index in [1.807, 2.05) is 18.2 Å². The molecule has 0 saturated heterocycles. The van der Waals surface area contributed by atoms with E-state index in [-0.39, 0.29) is 5.91 Å². The molecule has 19 heavy (non-hydrogen) atoms. The first-order valence-electron chi connectivity index (χ1n) is 6.50. The number of anilines is 1. The molecule has 0 bridgehead atoms. The van der Waals surface area contributed by atoms with Crippen molar-refractivity contribution in [2.45, 2.75) is 33.1 Å². The molecular weight excluding hydrogens is 260 g/mol. The molecule has 0 fully saturated rings.